The normalized spacial score (nSPS) is 31.6. The highest BCUT2D eigenvalue weighted by atomic mass is 16.3. The zero-order valence-corrected chi connectivity index (χ0v) is 8.15. The number of aliphatic hydroxyl groups excluding tert-OH is 2. The molecule has 0 aromatic rings. The molecular weight excluding hydrogens is 166 g/mol. The van der Waals surface area contributed by atoms with Crippen molar-refractivity contribution in [2.75, 3.05) is 6.54 Å². The van der Waals surface area contributed by atoms with E-state index in [0.29, 0.717) is 12.5 Å². The maximum atomic E-state index is 9.28. The molecule has 0 bridgehead atoms. The van der Waals surface area contributed by atoms with Crippen molar-refractivity contribution >= 4 is 0 Å². The lowest BCUT2D eigenvalue weighted by Gasteiger charge is -2.25. The summed E-state index contributed by atoms with van der Waals surface area (Å²) < 4.78 is 0. The lowest BCUT2D eigenvalue weighted by molar-refractivity contribution is 0.0978. The van der Waals surface area contributed by atoms with Gasteiger partial charge in [-0.3, -0.25) is 0 Å². The van der Waals surface area contributed by atoms with Crippen molar-refractivity contribution in [3.63, 3.8) is 0 Å². The van der Waals surface area contributed by atoms with Crippen LogP contribution >= 0.6 is 0 Å². The van der Waals surface area contributed by atoms with Crippen LogP contribution < -0.4 is 5.73 Å². The van der Waals surface area contributed by atoms with Crippen LogP contribution in [0.5, 0.6) is 0 Å². The van der Waals surface area contributed by atoms with Crippen LogP contribution in [0.25, 0.3) is 0 Å². The highest BCUT2D eigenvalue weighted by Gasteiger charge is 2.19. The first-order valence-corrected chi connectivity index (χ1v) is 5.28. The standard InChI is InChI=1S/C10H21NO2/c11-7-10(13)6-3-8-1-4-9(12)5-2-8/h8-10,12-13H,1-7,11H2. The van der Waals surface area contributed by atoms with E-state index in [-0.39, 0.29) is 12.2 Å². The second-order valence-electron chi connectivity index (χ2n) is 4.14. The van der Waals surface area contributed by atoms with E-state index in [9.17, 15) is 10.2 Å². The monoisotopic (exact) mass is 187 g/mol. The summed E-state index contributed by atoms with van der Waals surface area (Å²) in [6.07, 6.45) is 5.56. The molecule has 4 N–H and O–H groups in total. The van der Waals surface area contributed by atoms with E-state index in [0.717, 1.165) is 38.5 Å². The molecule has 0 saturated heterocycles. The molecule has 1 aliphatic rings. The molecule has 0 radical (unpaired) electrons. The average Bonchev–Trinajstić information content (AvgIpc) is 2.16. The number of aliphatic hydroxyl groups is 2. The van der Waals surface area contributed by atoms with Gasteiger partial charge >= 0.3 is 0 Å². The van der Waals surface area contributed by atoms with E-state index in [1.807, 2.05) is 0 Å². The van der Waals surface area contributed by atoms with Crippen molar-refractivity contribution in [2.45, 2.75) is 50.7 Å². The zero-order valence-electron chi connectivity index (χ0n) is 8.15. The van der Waals surface area contributed by atoms with Gasteiger partial charge < -0.3 is 15.9 Å². The Morgan fingerprint density at radius 3 is 2.38 bits per heavy atom. The molecule has 0 aromatic heterocycles. The molecule has 1 unspecified atom stereocenters. The van der Waals surface area contributed by atoms with Gasteiger partial charge in [0, 0.05) is 6.54 Å². The Kier molecular flexibility index (Phi) is 4.70. The van der Waals surface area contributed by atoms with Gasteiger partial charge in [0.05, 0.1) is 12.2 Å². The molecule has 3 nitrogen and oxygen atoms in total. The van der Waals surface area contributed by atoms with Crippen LogP contribution in [0, 0.1) is 5.92 Å². The Hall–Kier alpha value is -0.120. The number of hydrogen-bond acceptors (Lipinski definition) is 3. The second-order valence-corrected chi connectivity index (χ2v) is 4.14. The smallest absolute Gasteiger partial charge is 0.0662 e. The molecule has 1 rings (SSSR count). The Labute approximate surface area is 79.9 Å². The fourth-order valence-electron chi connectivity index (χ4n) is 1.98. The highest BCUT2D eigenvalue weighted by Crippen LogP contribution is 2.27. The van der Waals surface area contributed by atoms with Gasteiger partial charge in [0.15, 0.2) is 0 Å². The van der Waals surface area contributed by atoms with Gasteiger partial charge in [-0.15, -0.1) is 0 Å². The van der Waals surface area contributed by atoms with Crippen LogP contribution in [-0.4, -0.2) is 29.0 Å². The van der Waals surface area contributed by atoms with Crippen molar-refractivity contribution < 1.29 is 10.2 Å². The minimum atomic E-state index is -0.327. The molecule has 0 aliphatic heterocycles. The molecule has 0 heterocycles. The summed E-state index contributed by atoms with van der Waals surface area (Å²) in [7, 11) is 0. The summed E-state index contributed by atoms with van der Waals surface area (Å²) in [6, 6.07) is 0. The van der Waals surface area contributed by atoms with Crippen LogP contribution in [0.1, 0.15) is 38.5 Å². The summed E-state index contributed by atoms with van der Waals surface area (Å²) in [5, 5.41) is 18.5. The molecule has 1 atom stereocenters. The molecule has 13 heavy (non-hydrogen) atoms. The zero-order chi connectivity index (χ0) is 9.68. The largest absolute Gasteiger partial charge is 0.393 e. The minimum absolute atomic E-state index is 0.0734. The molecule has 0 spiro atoms. The molecule has 3 heteroatoms. The Morgan fingerprint density at radius 1 is 1.23 bits per heavy atom. The van der Waals surface area contributed by atoms with E-state index < -0.39 is 0 Å². The third-order valence-corrected chi connectivity index (χ3v) is 3.00. The second kappa shape index (κ2) is 5.58. The van der Waals surface area contributed by atoms with Gasteiger partial charge in [0.1, 0.15) is 0 Å². The van der Waals surface area contributed by atoms with Gasteiger partial charge in [-0.1, -0.05) is 0 Å². The highest BCUT2D eigenvalue weighted by molar-refractivity contribution is 4.72. The van der Waals surface area contributed by atoms with Gasteiger partial charge in [0.25, 0.3) is 0 Å². The summed E-state index contributed by atoms with van der Waals surface area (Å²) in [6.45, 7) is 0.370. The summed E-state index contributed by atoms with van der Waals surface area (Å²) in [5.74, 6) is 0.699. The fraction of sp³-hybridized carbons (Fsp3) is 1.00. The molecular formula is C10H21NO2. The maximum Gasteiger partial charge on any atom is 0.0662 e. The Morgan fingerprint density at radius 2 is 1.85 bits per heavy atom. The molecule has 1 saturated carbocycles. The summed E-state index contributed by atoms with van der Waals surface area (Å²) in [4.78, 5) is 0. The quantitative estimate of drug-likeness (QED) is 0.605. The Bertz CT molecular complexity index is 133. The van der Waals surface area contributed by atoms with Crippen LogP contribution in [0.3, 0.4) is 0 Å². The van der Waals surface area contributed by atoms with Gasteiger partial charge in [-0.05, 0) is 44.4 Å². The summed E-state index contributed by atoms with van der Waals surface area (Å²) in [5.41, 5.74) is 5.32. The molecule has 0 aromatic carbocycles. The number of rotatable bonds is 4. The Balaban J connectivity index is 2.08. The van der Waals surface area contributed by atoms with Crippen LogP contribution in [0.4, 0.5) is 0 Å². The predicted molar refractivity (Wildman–Crippen MR) is 52.3 cm³/mol. The van der Waals surface area contributed by atoms with Crippen molar-refractivity contribution in [1.82, 2.24) is 0 Å². The molecule has 0 amide bonds. The first-order chi connectivity index (χ1) is 6.22. The van der Waals surface area contributed by atoms with E-state index in [1.165, 1.54) is 0 Å². The lowest BCUT2D eigenvalue weighted by Crippen LogP contribution is -2.23. The van der Waals surface area contributed by atoms with Crippen molar-refractivity contribution in [3.05, 3.63) is 0 Å². The van der Waals surface area contributed by atoms with Crippen LogP contribution in [0.15, 0.2) is 0 Å². The van der Waals surface area contributed by atoms with Crippen molar-refractivity contribution in [1.29, 1.82) is 0 Å². The van der Waals surface area contributed by atoms with Crippen LogP contribution in [-0.2, 0) is 0 Å². The van der Waals surface area contributed by atoms with Crippen molar-refractivity contribution in [2.24, 2.45) is 11.7 Å². The van der Waals surface area contributed by atoms with Gasteiger partial charge in [-0.2, -0.15) is 0 Å². The third-order valence-electron chi connectivity index (χ3n) is 3.00. The topological polar surface area (TPSA) is 66.5 Å². The molecule has 1 fully saturated rings. The van der Waals surface area contributed by atoms with Crippen molar-refractivity contribution in [3.8, 4) is 0 Å². The fourth-order valence-corrected chi connectivity index (χ4v) is 1.98. The molecule has 1 aliphatic carbocycles. The SMILES string of the molecule is NCC(O)CCC1CCC(O)CC1. The number of nitrogens with two attached hydrogens (primary N) is 1. The third kappa shape index (κ3) is 4.07. The van der Waals surface area contributed by atoms with Gasteiger partial charge in [-0.25, -0.2) is 0 Å². The van der Waals surface area contributed by atoms with E-state index in [2.05, 4.69) is 0 Å². The van der Waals surface area contributed by atoms with E-state index in [4.69, 9.17) is 5.73 Å². The average molecular weight is 187 g/mol. The lowest BCUT2D eigenvalue weighted by atomic mass is 9.84. The predicted octanol–water partition coefficient (Wildman–Crippen LogP) is 0.637. The first kappa shape index (κ1) is 11.0. The molecule has 78 valence electrons. The van der Waals surface area contributed by atoms with E-state index >= 15 is 0 Å². The summed E-state index contributed by atoms with van der Waals surface area (Å²) >= 11 is 0. The van der Waals surface area contributed by atoms with E-state index in [1.54, 1.807) is 0 Å². The van der Waals surface area contributed by atoms with Gasteiger partial charge in [0.2, 0.25) is 0 Å². The first-order valence-electron chi connectivity index (χ1n) is 5.28. The minimum Gasteiger partial charge on any atom is -0.393 e. The number of hydrogen-bond donors (Lipinski definition) is 3. The van der Waals surface area contributed by atoms with Crippen LogP contribution in [0.2, 0.25) is 0 Å². The maximum absolute atomic E-state index is 9.28.